The average Bonchev–Trinajstić information content (AvgIpc) is 2.49. The maximum atomic E-state index is 5.53. The number of anilines is 1. The molecule has 0 aliphatic rings. The molecule has 3 rings (SSSR count). The third-order valence-electron chi connectivity index (χ3n) is 2.96. The number of nitrogen functional groups attached to an aromatic ring is 1. The minimum Gasteiger partial charge on any atom is -0.382 e. The quantitative estimate of drug-likeness (QED) is 0.755. The van der Waals surface area contributed by atoms with Gasteiger partial charge in [0.2, 0.25) is 0 Å². The molecule has 1 aromatic heterocycles. The Balaban J connectivity index is 1.93. The number of hydrogen-bond donors (Lipinski definition) is 1. The average molecular weight is 247 g/mol. The second-order valence-corrected chi connectivity index (χ2v) is 4.27. The van der Waals surface area contributed by atoms with Gasteiger partial charge in [0, 0.05) is 5.56 Å². The van der Waals surface area contributed by atoms with E-state index in [-0.39, 0.29) is 0 Å². The Kier molecular flexibility index (Phi) is 2.94. The molecule has 0 spiro atoms. The van der Waals surface area contributed by atoms with Crippen LogP contribution in [0.4, 0.5) is 5.82 Å². The largest absolute Gasteiger partial charge is 0.382 e. The van der Waals surface area contributed by atoms with Crippen molar-refractivity contribution >= 4 is 5.82 Å². The lowest BCUT2D eigenvalue weighted by atomic mass is 10.0. The lowest BCUT2D eigenvalue weighted by Gasteiger charge is -2.04. The zero-order valence-electron chi connectivity index (χ0n) is 10.3. The van der Waals surface area contributed by atoms with E-state index in [4.69, 9.17) is 5.73 Å². The predicted molar refractivity (Wildman–Crippen MR) is 77.3 cm³/mol. The maximum Gasteiger partial charge on any atom is 0.141 e. The van der Waals surface area contributed by atoms with Gasteiger partial charge in [-0.1, -0.05) is 54.6 Å². The highest BCUT2D eigenvalue weighted by molar-refractivity contribution is 5.68. The third-order valence-corrected chi connectivity index (χ3v) is 2.96. The van der Waals surface area contributed by atoms with Crippen LogP contribution in [0.1, 0.15) is 0 Å². The number of aromatic nitrogens is 2. The van der Waals surface area contributed by atoms with E-state index in [0.717, 1.165) is 11.3 Å². The van der Waals surface area contributed by atoms with Crippen LogP contribution in [0.5, 0.6) is 0 Å². The summed E-state index contributed by atoms with van der Waals surface area (Å²) in [5, 5.41) is 0. The fourth-order valence-corrected chi connectivity index (χ4v) is 1.95. The standard InChI is InChI=1S/C16H13N3/c17-16-11-18-15(10-19-16)14-8-6-13(7-9-14)12-4-2-1-3-5-12/h1-11H,(H2,17,19). The Morgan fingerprint density at radius 2 is 1.26 bits per heavy atom. The Morgan fingerprint density at radius 3 is 1.89 bits per heavy atom. The van der Waals surface area contributed by atoms with Crippen LogP contribution < -0.4 is 5.73 Å². The number of rotatable bonds is 2. The van der Waals surface area contributed by atoms with Crippen LogP contribution in [-0.2, 0) is 0 Å². The first kappa shape index (κ1) is 11.4. The van der Waals surface area contributed by atoms with Crippen LogP contribution in [0, 0.1) is 0 Å². The molecule has 3 aromatic rings. The zero-order chi connectivity index (χ0) is 13.1. The molecule has 19 heavy (non-hydrogen) atoms. The van der Waals surface area contributed by atoms with E-state index >= 15 is 0 Å². The number of benzene rings is 2. The van der Waals surface area contributed by atoms with Crippen molar-refractivity contribution in [1.82, 2.24) is 9.97 Å². The predicted octanol–water partition coefficient (Wildman–Crippen LogP) is 3.39. The summed E-state index contributed by atoms with van der Waals surface area (Å²) in [5.41, 5.74) is 9.79. The summed E-state index contributed by atoms with van der Waals surface area (Å²) in [5.74, 6) is 0.435. The molecule has 92 valence electrons. The molecule has 3 heteroatoms. The van der Waals surface area contributed by atoms with Gasteiger partial charge in [-0.05, 0) is 11.1 Å². The molecule has 0 unspecified atom stereocenters. The lowest BCUT2D eigenvalue weighted by Crippen LogP contribution is -1.92. The van der Waals surface area contributed by atoms with Crippen molar-refractivity contribution in [3.05, 3.63) is 67.0 Å². The lowest BCUT2D eigenvalue weighted by molar-refractivity contribution is 1.22. The number of nitrogens with zero attached hydrogens (tertiary/aromatic N) is 2. The molecule has 0 saturated carbocycles. The summed E-state index contributed by atoms with van der Waals surface area (Å²) < 4.78 is 0. The van der Waals surface area contributed by atoms with Gasteiger partial charge in [0.25, 0.3) is 0 Å². The molecular formula is C16H13N3. The van der Waals surface area contributed by atoms with Crippen molar-refractivity contribution in [2.75, 3.05) is 5.73 Å². The van der Waals surface area contributed by atoms with Crippen molar-refractivity contribution < 1.29 is 0 Å². The minimum atomic E-state index is 0.435. The summed E-state index contributed by atoms with van der Waals surface area (Å²) in [6.45, 7) is 0. The normalized spacial score (nSPS) is 10.3. The first-order chi connectivity index (χ1) is 9.33. The highest BCUT2D eigenvalue weighted by atomic mass is 14.9. The molecule has 0 amide bonds. The van der Waals surface area contributed by atoms with E-state index in [1.807, 2.05) is 30.3 Å². The van der Waals surface area contributed by atoms with Crippen molar-refractivity contribution in [2.45, 2.75) is 0 Å². The highest BCUT2D eigenvalue weighted by Crippen LogP contribution is 2.23. The summed E-state index contributed by atoms with van der Waals surface area (Å²) in [4.78, 5) is 8.31. The topological polar surface area (TPSA) is 51.8 Å². The summed E-state index contributed by atoms with van der Waals surface area (Å²) in [6.07, 6.45) is 3.26. The molecule has 2 N–H and O–H groups in total. The molecule has 0 bridgehead atoms. The second kappa shape index (κ2) is 4.90. The maximum absolute atomic E-state index is 5.53. The fraction of sp³-hybridized carbons (Fsp3) is 0. The SMILES string of the molecule is Nc1cnc(-c2ccc(-c3ccccc3)cc2)cn1. The highest BCUT2D eigenvalue weighted by Gasteiger charge is 2.01. The van der Waals surface area contributed by atoms with Crippen molar-refractivity contribution in [2.24, 2.45) is 0 Å². The van der Waals surface area contributed by atoms with Crippen LogP contribution in [0.25, 0.3) is 22.4 Å². The van der Waals surface area contributed by atoms with Crippen LogP contribution in [-0.4, -0.2) is 9.97 Å². The van der Waals surface area contributed by atoms with E-state index in [1.54, 1.807) is 12.4 Å². The molecule has 0 fully saturated rings. The van der Waals surface area contributed by atoms with Crippen molar-refractivity contribution in [1.29, 1.82) is 0 Å². The molecule has 0 saturated heterocycles. The number of nitrogens with two attached hydrogens (primary N) is 1. The van der Waals surface area contributed by atoms with Gasteiger partial charge in [-0.2, -0.15) is 0 Å². The minimum absolute atomic E-state index is 0.435. The molecule has 0 aliphatic carbocycles. The van der Waals surface area contributed by atoms with Gasteiger partial charge in [0.05, 0.1) is 18.1 Å². The van der Waals surface area contributed by atoms with Crippen LogP contribution in [0.2, 0.25) is 0 Å². The zero-order valence-corrected chi connectivity index (χ0v) is 10.3. The summed E-state index contributed by atoms with van der Waals surface area (Å²) >= 11 is 0. The third kappa shape index (κ3) is 2.45. The van der Waals surface area contributed by atoms with E-state index in [9.17, 15) is 0 Å². The Hall–Kier alpha value is -2.68. The molecule has 0 atom stereocenters. The molecule has 1 heterocycles. The van der Waals surface area contributed by atoms with E-state index in [2.05, 4.69) is 34.2 Å². The van der Waals surface area contributed by atoms with E-state index in [0.29, 0.717) is 5.82 Å². The molecule has 0 aliphatic heterocycles. The summed E-state index contributed by atoms with van der Waals surface area (Å²) in [6, 6.07) is 18.5. The Bertz CT molecular complexity index is 659. The smallest absolute Gasteiger partial charge is 0.141 e. The van der Waals surface area contributed by atoms with Gasteiger partial charge in [0.1, 0.15) is 5.82 Å². The fourth-order valence-electron chi connectivity index (χ4n) is 1.95. The molecule has 0 radical (unpaired) electrons. The van der Waals surface area contributed by atoms with Gasteiger partial charge < -0.3 is 5.73 Å². The summed E-state index contributed by atoms with van der Waals surface area (Å²) in [7, 11) is 0. The van der Waals surface area contributed by atoms with Crippen molar-refractivity contribution in [3.63, 3.8) is 0 Å². The molecular weight excluding hydrogens is 234 g/mol. The first-order valence-electron chi connectivity index (χ1n) is 6.06. The molecule has 3 nitrogen and oxygen atoms in total. The van der Waals surface area contributed by atoms with Crippen LogP contribution in [0.3, 0.4) is 0 Å². The van der Waals surface area contributed by atoms with Crippen molar-refractivity contribution in [3.8, 4) is 22.4 Å². The van der Waals surface area contributed by atoms with Gasteiger partial charge in [-0.15, -0.1) is 0 Å². The van der Waals surface area contributed by atoms with Crippen LogP contribution >= 0.6 is 0 Å². The van der Waals surface area contributed by atoms with Crippen LogP contribution in [0.15, 0.2) is 67.0 Å². The van der Waals surface area contributed by atoms with E-state index < -0.39 is 0 Å². The van der Waals surface area contributed by atoms with Gasteiger partial charge in [-0.25, -0.2) is 4.98 Å². The van der Waals surface area contributed by atoms with Gasteiger partial charge in [0.15, 0.2) is 0 Å². The van der Waals surface area contributed by atoms with E-state index in [1.165, 1.54) is 11.1 Å². The first-order valence-corrected chi connectivity index (χ1v) is 6.06. The number of hydrogen-bond acceptors (Lipinski definition) is 3. The monoisotopic (exact) mass is 247 g/mol. The Morgan fingerprint density at radius 1 is 0.632 bits per heavy atom. The molecule has 2 aromatic carbocycles. The second-order valence-electron chi connectivity index (χ2n) is 4.27. The Labute approximate surface area is 111 Å². The van der Waals surface area contributed by atoms with Gasteiger partial charge in [-0.3, -0.25) is 4.98 Å². The van der Waals surface area contributed by atoms with Gasteiger partial charge >= 0.3 is 0 Å².